The Balaban J connectivity index is 2.34. The molecule has 0 radical (unpaired) electrons. The Labute approximate surface area is 75.0 Å². The van der Waals surface area contributed by atoms with Gasteiger partial charge in [-0.2, -0.15) is 0 Å². The third kappa shape index (κ3) is 3.09. The van der Waals surface area contributed by atoms with E-state index in [1.165, 1.54) is 0 Å². The summed E-state index contributed by atoms with van der Waals surface area (Å²) in [5.74, 6) is 0. The summed E-state index contributed by atoms with van der Waals surface area (Å²) >= 11 is 0. The molecule has 1 aliphatic heterocycles. The average molecular weight is 172 g/mol. The van der Waals surface area contributed by atoms with Crippen molar-refractivity contribution in [3.8, 4) is 0 Å². The summed E-state index contributed by atoms with van der Waals surface area (Å²) in [7, 11) is 4.07. The van der Waals surface area contributed by atoms with Crippen LogP contribution in [0.5, 0.6) is 0 Å². The molecule has 1 heterocycles. The van der Waals surface area contributed by atoms with Gasteiger partial charge in [0.2, 0.25) is 0 Å². The van der Waals surface area contributed by atoms with E-state index in [0.29, 0.717) is 18.2 Å². The zero-order valence-corrected chi connectivity index (χ0v) is 8.50. The van der Waals surface area contributed by atoms with Gasteiger partial charge in [0, 0.05) is 20.1 Å². The minimum Gasteiger partial charge on any atom is -0.375 e. The highest BCUT2D eigenvalue weighted by atomic mass is 16.5. The Hall–Kier alpha value is -0.120. The van der Waals surface area contributed by atoms with Crippen molar-refractivity contribution >= 4 is 0 Å². The van der Waals surface area contributed by atoms with Gasteiger partial charge in [0.05, 0.1) is 12.2 Å². The smallest absolute Gasteiger partial charge is 0.0566 e. The van der Waals surface area contributed by atoms with Crippen molar-refractivity contribution in [1.82, 2.24) is 10.4 Å². The molecule has 0 saturated carbocycles. The highest BCUT2D eigenvalue weighted by molar-refractivity contribution is 4.77. The largest absolute Gasteiger partial charge is 0.375 e. The van der Waals surface area contributed by atoms with Crippen molar-refractivity contribution in [2.45, 2.75) is 44.9 Å². The first kappa shape index (κ1) is 9.96. The van der Waals surface area contributed by atoms with Crippen LogP contribution < -0.4 is 5.43 Å². The van der Waals surface area contributed by atoms with Crippen LogP contribution in [-0.2, 0) is 4.74 Å². The first-order chi connectivity index (χ1) is 5.58. The van der Waals surface area contributed by atoms with E-state index in [-0.39, 0.29) is 0 Å². The molecule has 1 rings (SSSR count). The van der Waals surface area contributed by atoms with Gasteiger partial charge in [0.1, 0.15) is 0 Å². The Morgan fingerprint density at radius 3 is 2.08 bits per heavy atom. The summed E-state index contributed by atoms with van der Waals surface area (Å²) in [5, 5.41) is 2.02. The third-order valence-electron chi connectivity index (χ3n) is 2.14. The van der Waals surface area contributed by atoms with Crippen molar-refractivity contribution in [1.29, 1.82) is 0 Å². The van der Waals surface area contributed by atoms with Crippen molar-refractivity contribution in [3.05, 3.63) is 0 Å². The lowest BCUT2D eigenvalue weighted by atomic mass is 10.0. The molecule has 2 unspecified atom stereocenters. The molecule has 0 bridgehead atoms. The van der Waals surface area contributed by atoms with Crippen LogP contribution in [0, 0.1) is 0 Å². The van der Waals surface area contributed by atoms with Crippen LogP contribution in [0.1, 0.15) is 26.7 Å². The van der Waals surface area contributed by atoms with Crippen LogP contribution >= 0.6 is 0 Å². The maximum Gasteiger partial charge on any atom is 0.0566 e. The Morgan fingerprint density at radius 1 is 1.17 bits per heavy atom. The van der Waals surface area contributed by atoms with E-state index < -0.39 is 0 Å². The molecule has 72 valence electrons. The molecule has 0 amide bonds. The Bertz CT molecular complexity index is 126. The molecule has 0 spiro atoms. The molecule has 2 atom stereocenters. The molecular weight excluding hydrogens is 152 g/mol. The van der Waals surface area contributed by atoms with E-state index >= 15 is 0 Å². The number of ether oxygens (including phenoxy) is 1. The first-order valence-corrected chi connectivity index (χ1v) is 4.67. The number of hydrogen-bond acceptors (Lipinski definition) is 3. The number of hydrogen-bond donors (Lipinski definition) is 1. The lowest BCUT2D eigenvalue weighted by Gasteiger charge is -2.34. The maximum atomic E-state index is 5.64. The fraction of sp³-hybridized carbons (Fsp3) is 1.00. The highest BCUT2D eigenvalue weighted by Crippen LogP contribution is 2.18. The van der Waals surface area contributed by atoms with Crippen LogP contribution in [0.2, 0.25) is 0 Å². The van der Waals surface area contributed by atoms with Crippen LogP contribution in [0.25, 0.3) is 0 Å². The standard InChI is InChI=1S/C9H20N2O/c1-7-5-9(10-11(3)4)6-8(2)12-7/h7-10H,5-6H2,1-4H3. The zero-order chi connectivity index (χ0) is 9.14. The lowest BCUT2D eigenvalue weighted by molar-refractivity contribution is -0.0505. The van der Waals surface area contributed by atoms with Gasteiger partial charge in [-0.1, -0.05) is 0 Å². The van der Waals surface area contributed by atoms with Gasteiger partial charge in [-0.3, -0.25) is 10.4 Å². The molecule has 0 aromatic rings. The zero-order valence-electron chi connectivity index (χ0n) is 8.50. The van der Waals surface area contributed by atoms with Crippen LogP contribution in [0.15, 0.2) is 0 Å². The third-order valence-corrected chi connectivity index (χ3v) is 2.14. The van der Waals surface area contributed by atoms with Gasteiger partial charge >= 0.3 is 0 Å². The topological polar surface area (TPSA) is 24.5 Å². The predicted molar refractivity (Wildman–Crippen MR) is 49.9 cm³/mol. The Morgan fingerprint density at radius 2 is 1.67 bits per heavy atom. The molecule has 1 fully saturated rings. The average Bonchev–Trinajstić information content (AvgIpc) is 1.81. The van der Waals surface area contributed by atoms with Crippen LogP contribution in [0.3, 0.4) is 0 Å². The summed E-state index contributed by atoms with van der Waals surface area (Å²) in [6.07, 6.45) is 3.02. The number of nitrogens with zero attached hydrogens (tertiary/aromatic N) is 1. The van der Waals surface area contributed by atoms with Crippen LogP contribution in [-0.4, -0.2) is 37.4 Å². The summed E-state index contributed by atoms with van der Waals surface area (Å²) < 4.78 is 5.64. The van der Waals surface area contributed by atoms with E-state index in [0.717, 1.165) is 12.8 Å². The van der Waals surface area contributed by atoms with Crippen LogP contribution in [0.4, 0.5) is 0 Å². The molecule has 12 heavy (non-hydrogen) atoms. The lowest BCUT2D eigenvalue weighted by Crippen LogP contribution is -2.46. The van der Waals surface area contributed by atoms with Crippen molar-refractivity contribution in [2.75, 3.05) is 14.1 Å². The van der Waals surface area contributed by atoms with Gasteiger partial charge in [-0.15, -0.1) is 0 Å². The van der Waals surface area contributed by atoms with E-state index in [2.05, 4.69) is 19.3 Å². The fourth-order valence-corrected chi connectivity index (χ4v) is 1.88. The van der Waals surface area contributed by atoms with E-state index in [9.17, 15) is 0 Å². The first-order valence-electron chi connectivity index (χ1n) is 4.67. The second-order valence-corrected chi connectivity index (χ2v) is 3.95. The van der Waals surface area contributed by atoms with Crippen molar-refractivity contribution in [3.63, 3.8) is 0 Å². The molecule has 0 aromatic heterocycles. The minimum atomic E-state index is 0.395. The fourth-order valence-electron chi connectivity index (χ4n) is 1.88. The normalized spacial score (nSPS) is 37.2. The second-order valence-electron chi connectivity index (χ2n) is 3.95. The monoisotopic (exact) mass is 172 g/mol. The molecule has 1 N–H and O–H groups in total. The Kier molecular flexibility index (Phi) is 3.50. The highest BCUT2D eigenvalue weighted by Gasteiger charge is 2.24. The quantitative estimate of drug-likeness (QED) is 0.629. The number of nitrogens with one attached hydrogen (secondary N) is 1. The van der Waals surface area contributed by atoms with Gasteiger partial charge in [0.25, 0.3) is 0 Å². The SMILES string of the molecule is CC1CC(NN(C)C)CC(C)O1. The number of rotatable bonds is 2. The predicted octanol–water partition coefficient (Wildman–Crippen LogP) is 1.01. The molecule has 1 aliphatic rings. The van der Waals surface area contributed by atoms with Gasteiger partial charge in [-0.05, 0) is 26.7 Å². The maximum absolute atomic E-state index is 5.64. The molecule has 3 heteroatoms. The van der Waals surface area contributed by atoms with Gasteiger partial charge in [0.15, 0.2) is 0 Å². The van der Waals surface area contributed by atoms with Gasteiger partial charge < -0.3 is 4.74 Å². The molecule has 0 aliphatic carbocycles. The second kappa shape index (κ2) is 4.21. The van der Waals surface area contributed by atoms with Crippen molar-refractivity contribution in [2.24, 2.45) is 0 Å². The van der Waals surface area contributed by atoms with E-state index in [1.807, 2.05) is 19.1 Å². The summed E-state index contributed by atoms with van der Waals surface area (Å²) in [4.78, 5) is 0. The molecular formula is C9H20N2O. The summed E-state index contributed by atoms with van der Waals surface area (Å²) in [6, 6.07) is 0.582. The van der Waals surface area contributed by atoms with E-state index in [1.54, 1.807) is 0 Å². The molecule has 3 nitrogen and oxygen atoms in total. The summed E-state index contributed by atoms with van der Waals surface area (Å²) in [6.45, 7) is 4.28. The number of hydrazine groups is 1. The minimum absolute atomic E-state index is 0.395. The summed E-state index contributed by atoms with van der Waals surface area (Å²) in [5.41, 5.74) is 3.40. The van der Waals surface area contributed by atoms with E-state index in [4.69, 9.17) is 4.74 Å². The molecule has 1 saturated heterocycles. The molecule has 0 aromatic carbocycles. The van der Waals surface area contributed by atoms with Crippen molar-refractivity contribution < 1.29 is 4.74 Å². The van der Waals surface area contributed by atoms with Gasteiger partial charge in [-0.25, -0.2) is 0 Å².